The number of ether oxygens (including phenoxy) is 2. The number of nitrogens with zero attached hydrogens (tertiary/aromatic N) is 1. The third-order valence-electron chi connectivity index (χ3n) is 3.52. The van der Waals surface area contributed by atoms with Gasteiger partial charge in [0.1, 0.15) is 12.4 Å². The van der Waals surface area contributed by atoms with Crippen LogP contribution in [0, 0.1) is 0 Å². The molecule has 1 saturated heterocycles. The lowest BCUT2D eigenvalue weighted by molar-refractivity contribution is 0.0900. The number of hydrogen-bond acceptors (Lipinski definition) is 4. The molecular weight excluding hydrogens is 272 g/mol. The van der Waals surface area contributed by atoms with Gasteiger partial charge in [-0.3, -0.25) is 9.69 Å². The maximum Gasteiger partial charge on any atom is 0.410 e. The molecule has 0 radical (unpaired) electrons. The maximum atomic E-state index is 12.2. The molecule has 1 aliphatic rings. The second-order valence-corrected chi connectivity index (χ2v) is 5.46. The summed E-state index contributed by atoms with van der Waals surface area (Å²) in [5.74, 6) is 0.293. The summed E-state index contributed by atoms with van der Waals surface area (Å²) in [6.45, 7) is 5.04. The highest BCUT2D eigenvalue weighted by Crippen LogP contribution is 2.20. The van der Waals surface area contributed by atoms with Crippen molar-refractivity contribution in [3.63, 3.8) is 0 Å². The minimum atomic E-state index is -0.509. The lowest BCUT2D eigenvalue weighted by Crippen LogP contribution is -2.52. The number of cyclic esters (lactones) is 1. The van der Waals surface area contributed by atoms with E-state index in [2.05, 4.69) is 5.32 Å². The quantitative estimate of drug-likeness (QED) is 0.896. The SMILES string of the molecule is COc1ccccc1C(=O)NCC(C)(C)N1CCOC1=O. The van der Waals surface area contributed by atoms with E-state index in [4.69, 9.17) is 9.47 Å². The molecular formula is C15H20N2O4. The van der Waals surface area contributed by atoms with Crippen molar-refractivity contribution in [1.29, 1.82) is 0 Å². The topological polar surface area (TPSA) is 67.9 Å². The molecule has 1 aromatic carbocycles. The normalized spacial score (nSPS) is 14.8. The van der Waals surface area contributed by atoms with Crippen molar-refractivity contribution in [3.05, 3.63) is 29.8 Å². The van der Waals surface area contributed by atoms with Crippen LogP contribution in [0.25, 0.3) is 0 Å². The van der Waals surface area contributed by atoms with Crippen LogP contribution in [0.2, 0.25) is 0 Å². The Morgan fingerprint density at radius 3 is 2.76 bits per heavy atom. The van der Waals surface area contributed by atoms with E-state index in [1.807, 2.05) is 13.8 Å². The zero-order valence-electron chi connectivity index (χ0n) is 12.5. The largest absolute Gasteiger partial charge is 0.496 e. The molecule has 1 N–H and O–H groups in total. The van der Waals surface area contributed by atoms with Crippen molar-refractivity contribution in [3.8, 4) is 5.75 Å². The highest BCUT2D eigenvalue weighted by Gasteiger charge is 2.36. The first kappa shape index (κ1) is 15.2. The first-order valence-electron chi connectivity index (χ1n) is 6.81. The molecule has 1 fully saturated rings. The summed E-state index contributed by atoms with van der Waals surface area (Å²) in [7, 11) is 1.52. The molecule has 0 spiro atoms. The number of para-hydroxylation sites is 1. The van der Waals surface area contributed by atoms with E-state index in [1.54, 1.807) is 29.2 Å². The Labute approximate surface area is 124 Å². The Balaban J connectivity index is 2.02. The lowest BCUT2D eigenvalue weighted by atomic mass is 10.0. The number of amides is 2. The summed E-state index contributed by atoms with van der Waals surface area (Å²) in [6, 6.07) is 7.02. The van der Waals surface area contributed by atoms with Gasteiger partial charge >= 0.3 is 6.09 Å². The molecule has 0 aromatic heterocycles. The van der Waals surface area contributed by atoms with Crippen LogP contribution in [-0.4, -0.2) is 49.2 Å². The molecule has 1 aliphatic heterocycles. The van der Waals surface area contributed by atoms with Gasteiger partial charge in [0.2, 0.25) is 0 Å². The summed E-state index contributed by atoms with van der Waals surface area (Å²) in [5.41, 5.74) is -0.0366. The van der Waals surface area contributed by atoms with E-state index in [0.717, 1.165) is 0 Å². The van der Waals surface area contributed by atoms with Crippen molar-refractivity contribution in [2.75, 3.05) is 26.8 Å². The fraction of sp³-hybridized carbons (Fsp3) is 0.467. The van der Waals surface area contributed by atoms with E-state index in [0.29, 0.717) is 31.0 Å². The van der Waals surface area contributed by atoms with Crippen molar-refractivity contribution in [2.45, 2.75) is 19.4 Å². The molecule has 21 heavy (non-hydrogen) atoms. The summed E-state index contributed by atoms with van der Waals surface area (Å²) in [6.07, 6.45) is -0.341. The number of nitrogens with one attached hydrogen (secondary N) is 1. The van der Waals surface area contributed by atoms with Crippen molar-refractivity contribution < 1.29 is 19.1 Å². The van der Waals surface area contributed by atoms with Crippen molar-refractivity contribution >= 4 is 12.0 Å². The van der Waals surface area contributed by atoms with Crippen molar-refractivity contribution in [1.82, 2.24) is 10.2 Å². The Bertz CT molecular complexity index is 542. The van der Waals surface area contributed by atoms with E-state index in [9.17, 15) is 9.59 Å². The van der Waals surface area contributed by atoms with E-state index in [1.165, 1.54) is 7.11 Å². The average molecular weight is 292 g/mol. The van der Waals surface area contributed by atoms with Gasteiger partial charge in [0.05, 0.1) is 24.8 Å². The third-order valence-corrected chi connectivity index (χ3v) is 3.52. The van der Waals surface area contributed by atoms with Crippen molar-refractivity contribution in [2.24, 2.45) is 0 Å². The monoisotopic (exact) mass is 292 g/mol. The average Bonchev–Trinajstić information content (AvgIpc) is 2.92. The van der Waals surface area contributed by atoms with Gasteiger partial charge < -0.3 is 14.8 Å². The molecule has 6 heteroatoms. The molecule has 0 bridgehead atoms. The smallest absolute Gasteiger partial charge is 0.410 e. The first-order chi connectivity index (χ1) is 9.95. The van der Waals surface area contributed by atoms with Crippen LogP contribution in [0.5, 0.6) is 5.75 Å². The summed E-state index contributed by atoms with van der Waals surface area (Å²) < 4.78 is 10.1. The van der Waals surface area contributed by atoms with Gasteiger partial charge in [-0.15, -0.1) is 0 Å². The molecule has 1 heterocycles. The number of benzene rings is 1. The molecule has 2 amide bonds. The Morgan fingerprint density at radius 2 is 2.14 bits per heavy atom. The van der Waals surface area contributed by atoms with Crippen LogP contribution in [0.1, 0.15) is 24.2 Å². The number of rotatable bonds is 5. The van der Waals surface area contributed by atoms with Gasteiger partial charge in [-0.2, -0.15) is 0 Å². The van der Waals surface area contributed by atoms with Crippen LogP contribution < -0.4 is 10.1 Å². The highest BCUT2D eigenvalue weighted by atomic mass is 16.6. The number of carbonyl (C=O) groups is 2. The fourth-order valence-corrected chi connectivity index (χ4v) is 2.26. The van der Waals surface area contributed by atoms with Gasteiger partial charge in [0, 0.05) is 6.54 Å². The van der Waals surface area contributed by atoms with Crippen LogP contribution in [0.3, 0.4) is 0 Å². The van der Waals surface area contributed by atoms with Gasteiger partial charge in [-0.05, 0) is 26.0 Å². The maximum absolute atomic E-state index is 12.2. The molecule has 1 aromatic rings. The zero-order chi connectivity index (χ0) is 15.5. The molecule has 0 aliphatic carbocycles. The second kappa shape index (κ2) is 6.03. The molecule has 0 atom stereocenters. The van der Waals surface area contributed by atoms with Crippen LogP contribution >= 0.6 is 0 Å². The molecule has 0 unspecified atom stereocenters. The standard InChI is InChI=1S/C15H20N2O4/c1-15(2,17-8-9-21-14(17)19)10-16-13(18)11-6-4-5-7-12(11)20-3/h4-7H,8-10H2,1-3H3,(H,16,18). The Kier molecular flexibility index (Phi) is 4.35. The number of carbonyl (C=O) groups excluding carboxylic acids is 2. The van der Waals surface area contributed by atoms with Gasteiger partial charge in [-0.1, -0.05) is 12.1 Å². The summed E-state index contributed by atoms with van der Waals surface area (Å²) in [5, 5.41) is 2.84. The van der Waals surface area contributed by atoms with E-state index in [-0.39, 0.29) is 12.0 Å². The molecule has 0 saturated carbocycles. The zero-order valence-corrected chi connectivity index (χ0v) is 12.5. The third kappa shape index (κ3) is 3.26. The molecule has 6 nitrogen and oxygen atoms in total. The van der Waals surface area contributed by atoms with Crippen LogP contribution in [-0.2, 0) is 4.74 Å². The van der Waals surface area contributed by atoms with E-state index >= 15 is 0 Å². The summed E-state index contributed by atoms with van der Waals surface area (Å²) in [4.78, 5) is 25.5. The van der Waals surface area contributed by atoms with E-state index < -0.39 is 5.54 Å². The first-order valence-corrected chi connectivity index (χ1v) is 6.81. The van der Waals surface area contributed by atoms with Gasteiger partial charge in [0.25, 0.3) is 5.91 Å². The number of hydrogen-bond donors (Lipinski definition) is 1. The molecule has 2 rings (SSSR count). The predicted molar refractivity (Wildman–Crippen MR) is 77.5 cm³/mol. The molecule has 114 valence electrons. The van der Waals surface area contributed by atoms with Crippen LogP contribution in [0.4, 0.5) is 4.79 Å². The Morgan fingerprint density at radius 1 is 1.43 bits per heavy atom. The predicted octanol–water partition coefficient (Wildman–Crippen LogP) is 1.66. The Hall–Kier alpha value is -2.24. The number of methoxy groups -OCH3 is 1. The van der Waals surface area contributed by atoms with Gasteiger partial charge in [0.15, 0.2) is 0 Å². The minimum Gasteiger partial charge on any atom is -0.496 e. The van der Waals surface area contributed by atoms with Crippen LogP contribution in [0.15, 0.2) is 24.3 Å². The summed E-state index contributed by atoms with van der Waals surface area (Å²) >= 11 is 0. The van der Waals surface area contributed by atoms with Gasteiger partial charge in [-0.25, -0.2) is 4.79 Å². The minimum absolute atomic E-state index is 0.229. The lowest BCUT2D eigenvalue weighted by Gasteiger charge is -2.33. The second-order valence-electron chi connectivity index (χ2n) is 5.46. The fourth-order valence-electron chi connectivity index (χ4n) is 2.26. The highest BCUT2D eigenvalue weighted by molar-refractivity contribution is 5.96.